The van der Waals surface area contributed by atoms with Gasteiger partial charge in [0.25, 0.3) is 0 Å². The molecule has 0 spiro atoms. The van der Waals surface area contributed by atoms with Crippen molar-refractivity contribution >= 4 is 0 Å². The van der Waals surface area contributed by atoms with Crippen molar-refractivity contribution in [1.29, 1.82) is 0 Å². The number of epoxide rings is 1. The van der Waals surface area contributed by atoms with Crippen LogP contribution in [0, 0.1) is 0 Å². The zero-order valence-electron chi connectivity index (χ0n) is 3.13. The van der Waals surface area contributed by atoms with E-state index in [1.807, 2.05) is 6.08 Å². The third kappa shape index (κ3) is 0.165. The van der Waals surface area contributed by atoms with E-state index in [4.69, 9.17) is 9.47 Å². The van der Waals surface area contributed by atoms with Crippen LogP contribution in [-0.2, 0) is 9.47 Å². The predicted octanol–water partition coefficient (Wildman–Crippen LogP) is 0.255. The molecule has 0 aromatic carbocycles. The molecule has 0 N–H and O–H groups in total. The Bertz CT molecular complexity index is 97.7. The van der Waals surface area contributed by atoms with Gasteiger partial charge in [-0.1, -0.05) is 0 Å². The van der Waals surface area contributed by atoms with Crippen LogP contribution in [0.15, 0.2) is 12.3 Å². The molecule has 2 aliphatic heterocycles. The molecule has 1 fully saturated rings. The Balaban J connectivity index is 2.26. The van der Waals surface area contributed by atoms with Gasteiger partial charge < -0.3 is 9.47 Å². The summed E-state index contributed by atoms with van der Waals surface area (Å²) in [7, 11) is 0. The normalized spacial score (nSPS) is 48.0. The first-order valence-corrected chi connectivity index (χ1v) is 1.94. The molecule has 0 unspecified atom stereocenters. The zero-order chi connectivity index (χ0) is 3.98. The van der Waals surface area contributed by atoms with Crippen molar-refractivity contribution in [2.75, 3.05) is 0 Å². The molecule has 0 bridgehead atoms. The van der Waals surface area contributed by atoms with Gasteiger partial charge in [0.15, 0.2) is 0 Å². The van der Waals surface area contributed by atoms with Crippen molar-refractivity contribution in [3.05, 3.63) is 12.3 Å². The fraction of sp³-hybridized carbons (Fsp3) is 0.500. The average Bonchev–Trinajstić information content (AvgIpc) is 2.17. The van der Waals surface area contributed by atoms with Crippen LogP contribution in [0.2, 0.25) is 0 Å². The third-order valence-electron chi connectivity index (χ3n) is 0.964. The van der Waals surface area contributed by atoms with E-state index in [1.54, 1.807) is 6.26 Å². The van der Waals surface area contributed by atoms with Gasteiger partial charge in [0, 0.05) is 0 Å². The molecule has 0 aliphatic carbocycles. The Morgan fingerprint density at radius 3 is 2.67 bits per heavy atom. The second-order valence-corrected chi connectivity index (χ2v) is 1.43. The molecule has 0 saturated carbocycles. The van der Waals surface area contributed by atoms with E-state index in [9.17, 15) is 0 Å². The highest BCUT2D eigenvalue weighted by molar-refractivity contribution is 5.02. The molecule has 32 valence electrons. The number of fused-ring (bicyclic) bond motifs is 1. The summed E-state index contributed by atoms with van der Waals surface area (Å²) in [6.45, 7) is 0. The first kappa shape index (κ1) is 2.64. The fourth-order valence-corrected chi connectivity index (χ4v) is 0.555. The van der Waals surface area contributed by atoms with Gasteiger partial charge in [-0.25, -0.2) is 0 Å². The summed E-state index contributed by atoms with van der Waals surface area (Å²) in [4.78, 5) is 0. The Morgan fingerprint density at radius 2 is 2.50 bits per heavy atom. The summed E-state index contributed by atoms with van der Waals surface area (Å²) in [5, 5.41) is 0. The van der Waals surface area contributed by atoms with Crippen molar-refractivity contribution in [3.8, 4) is 0 Å². The van der Waals surface area contributed by atoms with Gasteiger partial charge in [-0.3, -0.25) is 0 Å². The largest absolute Gasteiger partial charge is 0.470 e. The molecule has 1 saturated heterocycles. The smallest absolute Gasteiger partial charge is 0.230 e. The van der Waals surface area contributed by atoms with E-state index >= 15 is 0 Å². The molecule has 2 nitrogen and oxygen atoms in total. The van der Waals surface area contributed by atoms with Crippen molar-refractivity contribution < 1.29 is 9.47 Å². The van der Waals surface area contributed by atoms with E-state index in [0.29, 0.717) is 6.10 Å². The van der Waals surface area contributed by atoms with Gasteiger partial charge in [0.2, 0.25) is 6.29 Å². The van der Waals surface area contributed by atoms with E-state index < -0.39 is 0 Å². The van der Waals surface area contributed by atoms with Crippen LogP contribution in [-0.4, -0.2) is 12.4 Å². The highest BCUT2D eigenvalue weighted by Crippen LogP contribution is 2.29. The number of hydrogen-bond acceptors (Lipinski definition) is 2. The Kier molecular flexibility index (Phi) is 0.268. The van der Waals surface area contributed by atoms with Crippen LogP contribution < -0.4 is 0 Å². The van der Waals surface area contributed by atoms with Crippen LogP contribution in [0.1, 0.15) is 0 Å². The lowest BCUT2D eigenvalue weighted by Gasteiger charge is -1.81. The van der Waals surface area contributed by atoms with Crippen molar-refractivity contribution in [3.63, 3.8) is 0 Å². The molecular weight excluding hydrogens is 80.0 g/mol. The minimum atomic E-state index is 0.102. The van der Waals surface area contributed by atoms with E-state index in [1.165, 1.54) is 0 Å². The lowest BCUT2D eigenvalue weighted by molar-refractivity contribution is 0.128. The minimum Gasteiger partial charge on any atom is -0.470 e. The highest BCUT2D eigenvalue weighted by atomic mass is 16.8. The lowest BCUT2D eigenvalue weighted by Crippen LogP contribution is -1.80. The van der Waals surface area contributed by atoms with Crippen LogP contribution >= 0.6 is 0 Å². The molecule has 2 rings (SSSR count). The van der Waals surface area contributed by atoms with Crippen LogP contribution in [0.25, 0.3) is 0 Å². The molecule has 2 heterocycles. The molecule has 2 heteroatoms. The topological polar surface area (TPSA) is 21.8 Å². The Hall–Kier alpha value is -0.500. The quantitative estimate of drug-likeness (QED) is 0.392. The number of ether oxygens (including phenoxy) is 2. The van der Waals surface area contributed by atoms with Gasteiger partial charge >= 0.3 is 0 Å². The van der Waals surface area contributed by atoms with Gasteiger partial charge in [0.05, 0.1) is 6.26 Å². The van der Waals surface area contributed by atoms with Crippen molar-refractivity contribution in [1.82, 2.24) is 0 Å². The van der Waals surface area contributed by atoms with Gasteiger partial charge in [-0.15, -0.1) is 0 Å². The summed E-state index contributed by atoms with van der Waals surface area (Å²) in [5.74, 6) is 0. The molecular formula is C4H4O2. The molecule has 0 aromatic rings. The number of rotatable bonds is 0. The third-order valence-corrected chi connectivity index (χ3v) is 0.964. The van der Waals surface area contributed by atoms with Gasteiger partial charge in [-0.05, 0) is 6.08 Å². The first-order chi connectivity index (χ1) is 2.97. The maximum Gasteiger partial charge on any atom is 0.230 e. The maximum atomic E-state index is 4.84. The molecule has 2 aliphatic rings. The summed E-state index contributed by atoms with van der Waals surface area (Å²) >= 11 is 0. The fourth-order valence-electron chi connectivity index (χ4n) is 0.555. The Labute approximate surface area is 35.4 Å². The maximum absolute atomic E-state index is 4.84. The molecule has 0 amide bonds. The SMILES string of the molecule is C1=C[C@@H]2O[C@H]2O1. The second-order valence-electron chi connectivity index (χ2n) is 1.43. The van der Waals surface area contributed by atoms with Crippen molar-refractivity contribution in [2.45, 2.75) is 12.4 Å². The van der Waals surface area contributed by atoms with Crippen molar-refractivity contribution in [2.24, 2.45) is 0 Å². The van der Waals surface area contributed by atoms with Crippen LogP contribution in [0.4, 0.5) is 0 Å². The monoisotopic (exact) mass is 84.0 g/mol. The number of hydrogen-bond donors (Lipinski definition) is 0. The standard InChI is InChI=1S/C4H4O2/c1-2-5-4-3(1)6-4/h1-4H/t3-,4+/m0/s1. The van der Waals surface area contributed by atoms with Crippen LogP contribution in [0.3, 0.4) is 0 Å². The van der Waals surface area contributed by atoms with E-state index in [0.717, 1.165) is 0 Å². The first-order valence-electron chi connectivity index (χ1n) is 1.94. The second kappa shape index (κ2) is 0.611. The van der Waals surface area contributed by atoms with Gasteiger partial charge in [0.1, 0.15) is 6.10 Å². The van der Waals surface area contributed by atoms with Gasteiger partial charge in [-0.2, -0.15) is 0 Å². The predicted molar refractivity (Wildman–Crippen MR) is 18.9 cm³/mol. The zero-order valence-corrected chi connectivity index (χ0v) is 3.13. The lowest BCUT2D eigenvalue weighted by atomic mass is 10.5. The molecule has 6 heavy (non-hydrogen) atoms. The average molecular weight is 84.1 g/mol. The molecule has 2 atom stereocenters. The molecule has 0 aromatic heterocycles. The van der Waals surface area contributed by atoms with E-state index in [2.05, 4.69) is 0 Å². The van der Waals surface area contributed by atoms with Crippen LogP contribution in [0.5, 0.6) is 0 Å². The highest BCUT2D eigenvalue weighted by Gasteiger charge is 2.41. The minimum absolute atomic E-state index is 0.102. The Morgan fingerprint density at radius 1 is 1.50 bits per heavy atom. The summed E-state index contributed by atoms with van der Waals surface area (Å²) in [5.41, 5.74) is 0. The molecule has 0 radical (unpaired) electrons. The summed E-state index contributed by atoms with van der Waals surface area (Å²) < 4.78 is 9.67. The van der Waals surface area contributed by atoms with E-state index in [-0.39, 0.29) is 6.29 Å². The summed E-state index contributed by atoms with van der Waals surface area (Å²) in [6, 6.07) is 0. The summed E-state index contributed by atoms with van der Waals surface area (Å²) in [6.07, 6.45) is 4.00.